The molecule has 0 spiro atoms. The quantitative estimate of drug-likeness (QED) is 0.261. The minimum Gasteiger partial charge on any atom is -0.256 e. The Bertz CT molecular complexity index is 1870. The number of nitrogens with zero attached hydrogens (tertiary/aromatic N) is 3. The van der Waals surface area contributed by atoms with Gasteiger partial charge in [0.2, 0.25) is 0 Å². The molecule has 0 amide bonds. The van der Waals surface area contributed by atoms with Crippen molar-refractivity contribution >= 4 is 43.4 Å². The van der Waals surface area contributed by atoms with Crippen molar-refractivity contribution in [3.63, 3.8) is 0 Å². The molecule has 5 aromatic carbocycles. The fraction of sp³-hybridized carbons (Fsp3) is 0. The highest BCUT2D eigenvalue weighted by molar-refractivity contribution is 6.09. The summed E-state index contributed by atoms with van der Waals surface area (Å²) < 4.78 is 0. The molecule has 34 heavy (non-hydrogen) atoms. The molecule has 2 aromatic heterocycles. The van der Waals surface area contributed by atoms with Gasteiger partial charge in [-0.05, 0) is 39.7 Å². The lowest BCUT2D eigenvalue weighted by Crippen LogP contribution is -1.96. The van der Waals surface area contributed by atoms with Crippen molar-refractivity contribution in [3.8, 4) is 22.6 Å². The fourth-order valence-corrected chi connectivity index (χ4v) is 4.85. The molecular formula is C31H19N3. The van der Waals surface area contributed by atoms with E-state index in [0.717, 1.165) is 44.5 Å². The van der Waals surface area contributed by atoms with Gasteiger partial charge in [-0.3, -0.25) is 4.98 Å². The second-order valence-corrected chi connectivity index (χ2v) is 8.52. The summed E-state index contributed by atoms with van der Waals surface area (Å²) in [6.07, 6.45) is 1.84. The van der Waals surface area contributed by atoms with E-state index in [9.17, 15) is 0 Å². The molecule has 7 rings (SSSR count). The second-order valence-electron chi connectivity index (χ2n) is 8.52. The highest BCUT2D eigenvalue weighted by Crippen LogP contribution is 2.34. The molecule has 0 saturated carbocycles. The monoisotopic (exact) mass is 433 g/mol. The molecule has 0 aliphatic carbocycles. The third-order valence-corrected chi connectivity index (χ3v) is 6.50. The van der Waals surface area contributed by atoms with Gasteiger partial charge in [0, 0.05) is 28.1 Å². The molecule has 7 aromatic rings. The Hall–Kier alpha value is -4.63. The van der Waals surface area contributed by atoms with Gasteiger partial charge in [-0.2, -0.15) is 0 Å². The van der Waals surface area contributed by atoms with Gasteiger partial charge in [0.15, 0.2) is 5.82 Å². The van der Waals surface area contributed by atoms with Crippen LogP contribution in [-0.4, -0.2) is 15.0 Å². The fourth-order valence-electron chi connectivity index (χ4n) is 4.85. The minimum atomic E-state index is 0.719. The first-order chi connectivity index (χ1) is 16.8. The lowest BCUT2D eigenvalue weighted by Gasteiger charge is -2.12. The van der Waals surface area contributed by atoms with Crippen LogP contribution >= 0.6 is 0 Å². The van der Waals surface area contributed by atoms with E-state index < -0.39 is 0 Å². The lowest BCUT2D eigenvalue weighted by molar-refractivity contribution is 1.23. The summed E-state index contributed by atoms with van der Waals surface area (Å²) in [6, 6.07) is 37.9. The average Bonchev–Trinajstić information content (AvgIpc) is 2.92. The second kappa shape index (κ2) is 7.46. The van der Waals surface area contributed by atoms with E-state index in [2.05, 4.69) is 96.0 Å². The lowest BCUT2D eigenvalue weighted by atomic mass is 9.99. The van der Waals surface area contributed by atoms with Crippen LogP contribution in [0.15, 0.2) is 115 Å². The summed E-state index contributed by atoms with van der Waals surface area (Å²) in [5.74, 6) is 0.719. The Morgan fingerprint density at radius 2 is 1.24 bits per heavy atom. The van der Waals surface area contributed by atoms with E-state index in [-0.39, 0.29) is 0 Å². The van der Waals surface area contributed by atoms with E-state index in [1.807, 2.05) is 24.4 Å². The van der Waals surface area contributed by atoms with Crippen LogP contribution in [0.5, 0.6) is 0 Å². The summed E-state index contributed by atoms with van der Waals surface area (Å²) in [7, 11) is 0. The van der Waals surface area contributed by atoms with Crippen molar-refractivity contribution in [3.05, 3.63) is 115 Å². The van der Waals surface area contributed by atoms with Crippen LogP contribution in [0.3, 0.4) is 0 Å². The molecular weight excluding hydrogens is 414 g/mol. The van der Waals surface area contributed by atoms with E-state index in [0.29, 0.717) is 0 Å². The molecule has 3 heteroatoms. The molecule has 0 fully saturated rings. The predicted octanol–water partition coefficient (Wildman–Crippen LogP) is 7.82. The van der Waals surface area contributed by atoms with Gasteiger partial charge in [-0.25, -0.2) is 9.97 Å². The van der Waals surface area contributed by atoms with Crippen LogP contribution in [0.25, 0.3) is 66.0 Å². The van der Waals surface area contributed by atoms with E-state index in [1.165, 1.54) is 21.5 Å². The third kappa shape index (κ3) is 2.95. The molecule has 3 nitrogen and oxygen atoms in total. The van der Waals surface area contributed by atoms with Gasteiger partial charge in [-0.1, -0.05) is 91.0 Å². The molecule has 0 aliphatic heterocycles. The average molecular weight is 434 g/mol. The topological polar surface area (TPSA) is 38.7 Å². The molecule has 0 N–H and O–H groups in total. The maximum atomic E-state index is 5.13. The van der Waals surface area contributed by atoms with E-state index in [4.69, 9.17) is 9.97 Å². The Morgan fingerprint density at radius 3 is 2.18 bits per heavy atom. The zero-order chi connectivity index (χ0) is 22.5. The Kier molecular flexibility index (Phi) is 4.15. The number of hydrogen-bond acceptors (Lipinski definition) is 3. The van der Waals surface area contributed by atoms with Gasteiger partial charge in [-0.15, -0.1) is 0 Å². The molecule has 0 radical (unpaired) electrons. The van der Waals surface area contributed by atoms with Gasteiger partial charge < -0.3 is 0 Å². The maximum Gasteiger partial charge on any atom is 0.160 e. The van der Waals surface area contributed by atoms with Crippen LogP contribution in [0.4, 0.5) is 0 Å². The van der Waals surface area contributed by atoms with Gasteiger partial charge in [0.25, 0.3) is 0 Å². The summed E-state index contributed by atoms with van der Waals surface area (Å²) in [6.45, 7) is 0. The Labute approximate surface area is 196 Å². The van der Waals surface area contributed by atoms with Gasteiger partial charge >= 0.3 is 0 Å². The van der Waals surface area contributed by atoms with E-state index in [1.54, 1.807) is 0 Å². The summed E-state index contributed by atoms with van der Waals surface area (Å²) in [4.78, 5) is 14.8. The largest absolute Gasteiger partial charge is 0.256 e. The molecule has 0 atom stereocenters. The normalized spacial score (nSPS) is 11.5. The highest BCUT2D eigenvalue weighted by Gasteiger charge is 2.14. The standard InChI is InChI=1S/C31H19N3/c1-2-10-24-20(7-1)14-15-21-16-17-23(19-27(21)24)31-33-28-13-4-3-11-25(28)30(34-31)26-12-5-8-22-9-6-18-32-29(22)26/h1-19H. The van der Waals surface area contributed by atoms with Gasteiger partial charge in [0.1, 0.15) is 0 Å². The molecule has 0 aliphatic rings. The third-order valence-electron chi connectivity index (χ3n) is 6.50. The first-order valence-corrected chi connectivity index (χ1v) is 11.4. The van der Waals surface area contributed by atoms with Crippen LogP contribution in [-0.2, 0) is 0 Å². The molecule has 0 saturated heterocycles. The number of rotatable bonds is 2. The molecule has 2 heterocycles. The molecule has 158 valence electrons. The SMILES string of the molecule is c1cnc2c(-c3nc(-c4ccc5ccc6ccccc6c5c4)nc4ccccc34)cccc2c1. The summed E-state index contributed by atoms with van der Waals surface area (Å²) in [5.41, 5.74) is 4.80. The summed E-state index contributed by atoms with van der Waals surface area (Å²) in [5, 5.41) is 7.01. The summed E-state index contributed by atoms with van der Waals surface area (Å²) >= 11 is 0. The minimum absolute atomic E-state index is 0.719. The Balaban J connectivity index is 1.52. The maximum absolute atomic E-state index is 5.13. The van der Waals surface area contributed by atoms with Crippen LogP contribution in [0, 0.1) is 0 Å². The van der Waals surface area contributed by atoms with E-state index >= 15 is 0 Å². The molecule has 0 unspecified atom stereocenters. The number of benzene rings is 5. The highest BCUT2D eigenvalue weighted by atomic mass is 14.9. The smallest absolute Gasteiger partial charge is 0.160 e. The first kappa shape index (κ1) is 18.9. The van der Waals surface area contributed by atoms with Crippen LogP contribution < -0.4 is 0 Å². The number of pyridine rings is 1. The number of hydrogen-bond donors (Lipinski definition) is 0. The van der Waals surface area contributed by atoms with Crippen LogP contribution in [0.2, 0.25) is 0 Å². The predicted molar refractivity (Wildman–Crippen MR) is 141 cm³/mol. The number of para-hydroxylation sites is 2. The zero-order valence-electron chi connectivity index (χ0n) is 18.3. The number of aromatic nitrogens is 3. The van der Waals surface area contributed by atoms with Crippen LogP contribution in [0.1, 0.15) is 0 Å². The van der Waals surface area contributed by atoms with Crippen molar-refractivity contribution < 1.29 is 0 Å². The number of fused-ring (bicyclic) bond motifs is 5. The van der Waals surface area contributed by atoms with Crippen molar-refractivity contribution in [2.75, 3.05) is 0 Å². The van der Waals surface area contributed by atoms with Crippen molar-refractivity contribution in [1.29, 1.82) is 0 Å². The Morgan fingerprint density at radius 1 is 0.500 bits per heavy atom. The van der Waals surface area contributed by atoms with Crippen molar-refractivity contribution in [2.24, 2.45) is 0 Å². The zero-order valence-corrected chi connectivity index (χ0v) is 18.3. The van der Waals surface area contributed by atoms with Crippen molar-refractivity contribution in [2.45, 2.75) is 0 Å². The van der Waals surface area contributed by atoms with Gasteiger partial charge in [0.05, 0.1) is 16.7 Å². The van der Waals surface area contributed by atoms with Crippen molar-refractivity contribution in [1.82, 2.24) is 15.0 Å². The first-order valence-electron chi connectivity index (χ1n) is 11.4. The molecule has 0 bridgehead atoms.